The van der Waals surface area contributed by atoms with Crippen molar-refractivity contribution in [3.63, 3.8) is 0 Å². The molecule has 0 saturated carbocycles. The molecule has 7 nitrogen and oxygen atoms in total. The Balaban J connectivity index is 1.69. The normalized spacial score (nSPS) is 21.4. The smallest absolute Gasteiger partial charge is 0.120 e. The van der Waals surface area contributed by atoms with Crippen LogP contribution in [0.2, 0.25) is 0 Å². The summed E-state index contributed by atoms with van der Waals surface area (Å²) in [6.07, 6.45) is 7.09. The maximum atomic E-state index is 8.71. The molecule has 1 aliphatic rings. The zero-order chi connectivity index (χ0) is 22.7. The van der Waals surface area contributed by atoms with Crippen LogP contribution in [-0.4, -0.2) is 62.3 Å². The number of nitrogens with one attached hydrogen (secondary N) is 2. The van der Waals surface area contributed by atoms with Gasteiger partial charge in [0.05, 0.1) is 23.3 Å². The third-order valence-corrected chi connectivity index (χ3v) is 6.52. The van der Waals surface area contributed by atoms with Crippen LogP contribution in [0.15, 0.2) is 36.7 Å². The molecule has 3 heterocycles. The van der Waals surface area contributed by atoms with Gasteiger partial charge in [-0.3, -0.25) is 25.4 Å². The summed E-state index contributed by atoms with van der Waals surface area (Å²) in [5.41, 5.74) is 4.44. The molecule has 166 valence electrons. The van der Waals surface area contributed by atoms with Gasteiger partial charge in [-0.25, -0.2) is 0 Å². The first-order valence-electron chi connectivity index (χ1n) is 10.9. The summed E-state index contributed by atoms with van der Waals surface area (Å²) in [5, 5.41) is 21.3. The number of hydrogen-bond acceptors (Lipinski definition) is 5. The zero-order valence-corrected chi connectivity index (χ0v) is 19.6. The Hall–Kier alpha value is -2.80. The minimum atomic E-state index is 0.258. The molecule has 3 atom stereocenters. The largest absolute Gasteiger partial charge is 0.352 e. The van der Waals surface area contributed by atoms with Crippen molar-refractivity contribution < 1.29 is 0 Å². The van der Waals surface area contributed by atoms with Gasteiger partial charge in [0.1, 0.15) is 5.84 Å². The number of allylic oxidation sites excluding steroid dienone is 1. The lowest BCUT2D eigenvalue weighted by Crippen LogP contribution is -2.43. The standard InChI is InChI=1S/C24H35N7/c1-16-8-7-11-27-21(16)14-29(5)15-22-19(4)18(3)13-31(22)23(26)10-9-20(25)24-17(2)12-28-30(24)6/h7-12,18-19,22,25-26H,13-15H2,1-6H3/b10-9-,25-20?,26-23?. The number of aromatic nitrogens is 3. The average Bonchev–Trinajstić information content (AvgIpc) is 3.20. The molecule has 2 N–H and O–H groups in total. The van der Waals surface area contributed by atoms with Gasteiger partial charge in [-0.1, -0.05) is 19.9 Å². The summed E-state index contributed by atoms with van der Waals surface area (Å²) in [6, 6.07) is 4.33. The Labute approximate surface area is 185 Å². The van der Waals surface area contributed by atoms with Gasteiger partial charge < -0.3 is 4.90 Å². The summed E-state index contributed by atoms with van der Waals surface area (Å²) >= 11 is 0. The molecule has 0 amide bonds. The molecule has 3 unspecified atom stereocenters. The van der Waals surface area contributed by atoms with Crippen molar-refractivity contribution in [1.29, 1.82) is 10.8 Å². The molecule has 1 fully saturated rings. The predicted molar refractivity (Wildman–Crippen MR) is 126 cm³/mol. The van der Waals surface area contributed by atoms with Crippen LogP contribution in [0.3, 0.4) is 0 Å². The maximum Gasteiger partial charge on any atom is 0.120 e. The number of pyridine rings is 1. The van der Waals surface area contributed by atoms with Crippen molar-refractivity contribution in [2.45, 2.75) is 40.3 Å². The highest BCUT2D eigenvalue weighted by Crippen LogP contribution is 2.30. The van der Waals surface area contributed by atoms with Crippen molar-refractivity contribution in [3.8, 4) is 0 Å². The Morgan fingerprint density at radius 3 is 2.61 bits per heavy atom. The molecular weight excluding hydrogens is 386 g/mol. The summed E-state index contributed by atoms with van der Waals surface area (Å²) in [4.78, 5) is 9.03. The van der Waals surface area contributed by atoms with Gasteiger partial charge in [-0.15, -0.1) is 0 Å². The van der Waals surface area contributed by atoms with Crippen molar-refractivity contribution in [3.05, 3.63) is 59.2 Å². The number of likely N-dealkylation sites (tertiary alicyclic amines) is 1. The molecule has 2 aromatic heterocycles. The lowest BCUT2D eigenvalue weighted by atomic mass is 9.94. The summed E-state index contributed by atoms with van der Waals surface area (Å²) < 4.78 is 1.71. The SMILES string of the molecule is Cc1cccnc1CN(C)CC1C(C)C(C)CN1C(=N)/C=C\C(=N)c1c(C)cnn1C. The Kier molecular flexibility index (Phi) is 7.05. The first-order valence-corrected chi connectivity index (χ1v) is 10.9. The third kappa shape index (κ3) is 5.10. The number of nitrogens with zero attached hydrogens (tertiary/aromatic N) is 5. The quantitative estimate of drug-likeness (QED) is 0.530. The van der Waals surface area contributed by atoms with Crippen LogP contribution in [-0.2, 0) is 13.6 Å². The van der Waals surface area contributed by atoms with Crippen molar-refractivity contribution in [2.75, 3.05) is 20.1 Å². The molecule has 0 radical (unpaired) electrons. The van der Waals surface area contributed by atoms with E-state index in [4.69, 9.17) is 10.8 Å². The Bertz CT molecular complexity index is 955. The third-order valence-electron chi connectivity index (χ3n) is 6.52. The van der Waals surface area contributed by atoms with Crippen molar-refractivity contribution in [2.24, 2.45) is 18.9 Å². The van der Waals surface area contributed by atoms with E-state index in [9.17, 15) is 0 Å². The van der Waals surface area contributed by atoms with Crippen LogP contribution in [0.5, 0.6) is 0 Å². The highest BCUT2D eigenvalue weighted by molar-refractivity contribution is 6.09. The predicted octanol–water partition coefficient (Wildman–Crippen LogP) is 3.42. The van der Waals surface area contributed by atoms with E-state index in [1.807, 2.05) is 26.2 Å². The second kappa shape index (κ2) is 9.56. The highest BCUT2D eigenvalue weighted by Gasteiger charge is 2.37. The fourth-order valence-electron chi connectivity index (χ4n) is 4.41. The van der Waals surface area contributed by atoms with Crippen LogP contribution < -0.4 is 0 Å². The second-order valence-corrected chi connectivity index (χ2v) is 8.95. The molecule has 1 saturated heterocycles. The molecule has 1 aliphatic heterocycles. The van der Waals surface area contributed by atoms with E-state index in [0.29, 0.717) is 23.4 Å². The van der Waals surface area contributed by atoms with Gasteiger partial charge in [0.25, 0.3) is 0 Å². The number of rotatable bonds is 7. The molecule has 0 bridgehead atoms. The minimum Gasteiger partial charge on any atom is -0.352 e. The lowest BCUT2D eigenvalue weighted by molar-refractivity contribution is 0.217. The maximum absolute atomic E-state index is 8.71. The number of likely N-dealkylation sites (N-methyl/N-ethyl adjacent to an activating group) is 1. The number of hydrogen-bond donors (Lipinski definition) is 2. The molecular formula is C24H35N7. The Morgan fingerprint density at radius 2 is 1.97 bits per heavy atom. The first-order chi connectivity index (χ1) is 14.7. The molecule has 31 heavy (non-hydrogen) atoms. The van der Waals surface area contributed by atoms with E-state index in [0.717, 1.165) is 36.6 Å². The second-order valence-electron chi connectivity index (χ2n) is 8.95. The van der Waals surface area contributed by atoms with E-state index in [2.05, 4.69) is 53.8 Å². The molecule has 3 rings (SSSR count). The summed E-state index contributed by atoms with van der Waals surface area (Å²) in [5.74, 6) is 1.47. The number of aryl methyl sites for hydroxylation is 3. The first kappa shape index (κ1) is 22.9. The van der Waals surface area contributed by atoms with Gasteiger partial charge in [0.2, 0.25) is 0 Å². The Morgan fingerprint density at radius 1 is 1.23 bits per heavy atom. The monoisotopic (exact) mass is 421 g/mol. The van der Waals surface area contributed by atoms with Gasteiger partial charge in [0.15, 0.2) is 0 Å². The highest BCUT2D eigenvalue weighted by atomic mass is 15.3. The van der Waals surface area contributed by atoms with Crippen LogP contribution >= 0.6 is 0 Å². The lowest BCUT2D eigenvalue weighted by Gasteiger charge is -2.31. The van der Waals surface area contributed by atoms with Gasteiger partial charge >= 0.3 is 0 Å². The molecule has 0 spiro atoms. The molecule has 0 aromatic carbocycles. The van der Waals surface area contributed by atoms with Crippen LogP contribution in [0, 0.1) is 36.5 Å². The van der Waals surface area contributed by atoms with Crippen LogP contribution in [0.4, 0.5) is 0 Å². The zero-order valence-electron chi connectivity index (χ0n) is 19.6. The van der Waals surface area contributed by atoms with E-state index in [1.54, 1.807) is 23.0 Å². The summed E-state index contributed by atoms with van der Waals surface area (Å²) in [6.45, 7) is 11.1. The van der Waals surface area contributed by atoms with E-state index in [-0.39, 0.29) is 6.04 Å². The van der Waals surface area contributed by atoms with E-state index >= 15 is 0 Å². The van der Waals surface area contributed by atoms with Gasteiger partial charge in [-0.05, 0) is 62.1 Å². The average molecular weight is 422 g/mol. The van der Waals surface area contributed by atoms with Crippen molar-refractivity contribution in [1.82, 2.24) is 24.6 Å². The van der Waals surface area contributed by atoms with Gasteiger partial charge in [0, 0.05) is 38.9 Å². The van der Waals surface area contributed by atoms with Crippen LogP contribution in [0.1, 0.15) is 36.4 Å². The minimum absolute atomic E-state index is 0.258. The molecule has 7 heteroatoms. The fourth-order valence-corrected chi connectivity index (χ4v) is 4.41. The molecule has 0 aliphatic carbocycles. The summed E-state index contributed by atoms with van der Waals surface area (Å²) in [7, 11) is 3.97. The fraction of sp³-hybridized carbons (Fsp3) is 0.500. The van der Waals surface area contributed by atoms with E-state index in [1.165, 1.54) is 5.56 Å². The van der Waals surface area contributed by atoms with E-state index < -0.39 is 0 Å². The topological polar surface area (TPSA) is 84.9 Å². The molecule has 2 aromatic rings. The van der Waals surface area contributed by atoms with Crippen LogP contribution in [0.25, 0.3) is 0 Å². The van der Waals surface area contributed by atoms with Gasteiger partial charge in [-0.2, -0.15) is 5.10 Å². The van der Waals surface area contributed by atoms with Crippen molar-refractivity contribution >= 4 is 11.5 Å². The number of amidine groups is 1.